The minimum absolute atomic E-state index is 0.0148. The molecular weight excluding hydrogens is 681 g/mol. The summed E-state index contributed by atoms with van der Waals surface area (Å²) in [6.07, 6.45) is 10.9. The van der Waals surface area contributed by atoms with Crippen molar-refractivity contribution in [2.24, 2.45) is 29.6 Å². The van der Waals surface area contributed by atoms with E-state index in [1.165, 1.54) is 12.8 Å². The van der Waals surface area contributed by atoms with Crippen molar-refractivity contribution in [1.82, 2.24) is 10.2 Å². The Bertz CT molecular complexity index is 1580. The minimum atomic E-state index is -0.708. The molecule has 0 unspecified atom stereocenters. The molecule has 0 spiro atoms. The second-order valence-electron chi connectivity index (χ2n) is 16.8. The van der Waals surface area contributed by atoms with E-state index in [2.05, 4.69) is 10.6 Å². The fourth-order valence-corrected chi connectivity index (χ4v) is 9.27. The summed E-state index contributed by atoms with van der Waals surface area (Å²) in [5.41, 5.74) is 0.395. The molecule has 53 heavy (non-hydrogen) atoms. The highest BCUT2D eigenvalue weighted by Crippen LogP contribution is 2.42. The highest BCUT2D eigenvalue weighted by atomic mass is 19.1. The summed E-state index contributed by atoms with van der Waals surface area (Å²) in [4.78, 5) is 55.5. The van der Waals surface area contributed by atoms with Gasteiger partial charge in [-0.1, -0.05) is 12.8 Å². The number of carbonyl (C=O) groups excluding carboxylic acids is 4. The van der Waals surface area contributed by atoms with E-state index in [0.29, 0.717) is 67.3 Å². The predicted molar refractivity (Wildman–Crippen MR) is 198 cm³/mol. The van der Waals surface area contributed by atoms with Gasteiger partial charge < -0.3 is 34.2 Å². The second-order valence-corrected chi connectivity index (χ2v) is 16.8. The number of hydrogen-bond acceptors (Lipinski definition) is 8. The summed E-state index contributed by atoms with van der Waals surface area (Å²) in [6, 6.07) is 5.63. The second kappa shape index (κ2) is 17.2. The number of nitrogens with zero attached hydrogens (tertiary/aromatic N) is 1. The van der Waals surface area contributed by atoms with E-state index in [1.807, 2.05) is 0 Å². The largest absolute Gasteiger partial charge is 0.460 e. The number of benzene rings is 1. The molecule has 0 bridgehead atoms. The number of halogens is 1. The highest BCUT2D eigenvalue weighted by molar-refractivity contribution is 6.00. The number of nitrogens with one attached hydrogen (secondary N) is 2. The van der Waals surface area contributed by atoms with Crippen LogP contribution in [-0.4, -0.2) is 79.5 Å². The van der Waals surface area contributed by atoms with E-state index in [-0.39, 0.29) is 41.4 Å². The van der Waals surface area contributed by atoms with Crippen LogP contribution in [-0.2, 0) is 23.8 Å². The van der Waals surface area contributed by atoms with Gasteiger partial charge in [0.1, 0.15) is 23.9 Å². The third-order valence-corrected chi connectivity index (χ3v) is 12.1. The fourth-order valence-electron chi connectivity index (χ4n) is 9.27. The van der Waals surface area contributed by atoms with E-state index in [4.69, 9.17) is 18.6 Å². The Balaban J connectivity index is 1.12. The first kappa shape index (κ1) is 39.0. The van der Waals surface area contributed by atoms with Crippen molar-refractivity contribution in [1.29, 1.82) is 0 Å². The third kappa shape index (κ3) is 9.72. The first-order valence-electron chi connectivity index (χ1n) is 19.8. The molecule has 3 amide bonds. The first-order chi connectivity index (χ1) is 25.4. The summed E-state index contributed by atoms with van der Waals surface area (Å²) < 4.78 is 36.4. The average Bonchev–Trinajstić information content (AvgIpc) is 3.92. The number of alkyl halides is 1. The number of hydrogen-bond donors (Lipinski definition) is 2. The number of amides is 3. The number of methoxy groups -OCH3 is 1. The number of furan rings is 1. The molecule has 1 saturated heterocycles. The lowest BCUT2D eigenvalue weighted by Gasteiger charge is -2.38. The van der Waals surface area contributed by atoms with Gasteiger partial charge in [0.15, 0.2) is 0 Å². The lowest BCUT2D eigenvalue weighted by molar-refractivity contribution is -0.142. The molecule has 4 fully saturated rings. The lowest BCUT2D eigenvalue weighted by Crippen LogP contribution is -2.50. The van der Waals surface area contributed by atoms with Gasteiger partial charge in [0.25, 0.3) is 0 Å². The van der Waals surface area contributed by atoms with Gasteiger partial charge in [-0.15, -0.1) is 0 Å². The molecule has 292 valence electrons. The van der Waals surface area contributed by atoms with Gasteiger partial charge in [-0.25, -0.2) is 14.0 Å². The molecule has 6 rings (SSSR count). The third-order valence-electron chi connectivity index (χ3n) is 12.1. The van der Waals surface area contributed by atoms with Gasteiger partial charge in [0.2, 0.25) is 17.6 Å². The maximum absolute atomic E-state index is 14.3. The Kier molecular flexibility index (Phi) is 12.7. The maximum Gasteiger partial charge on any atom is 0.407 e. The van der Waals surface area contributed by atoms with Gasteiger partial charge in [-0.3, -0.25) is 9.59 Å². The van der Waals surface area contributed by atoms with Crippen molar-refractivity contribution < 1.29 is 42.2 Å². The van der Waals surface area contributed by atoms with E-state index in [1.54, 1.807) is 57.0 Å². The van der Waals surface area contributed by atoms with Gasteiger partial charge in [-0.2, -0.15) is 0 Å². The van der Waals surface area contributed by atoms with Crippen LogP contribution in [0.5, 0.6) is 0 Å². The first-order valence-corrected chi connectivity index (χ1v) is 19.8. The minimum Gasteiger partial charge on any atom is -0.460 e. The molecule has 12 heteroatoms. The summed E-state index contributed by atoms with van der Waals surface area (Å²) in [7, 11) is 1.74. The summed E-state index contributed by atoms with van der Waals surface area (Å²) in [5, 5.41) is 6.48. The Labute approximate surface area is 312 Å². The molecule has 2 aromatic rings. The predicted octanol–water partition coefficient (Wildman–Crippen LogP) is 7.81. The molecule has 2 heterocycles. The number of ether oxygens (including phenoxy) is 3. The molecule has 4 aliphatic rings. The normalized spacial score (nSPS) is 27.4. The zero-order chi connectivity index (χ0) is 37.7. The standard InChI is InChI=1S/C41H58FN3O8/c1-41(2,3)53-40(49)44-33(23-42)27-9-11-28(12-10-27)38(47)45-20-19-32(26-13-16-31(50-4)17-14-26)36(45)37(46)43-30-15-18-34-29(21-30)22-35(52-34)39(48)51-24-25-7-5-6-8-25/h15,18,21-22,25-28,31-33,36H,5-14,16-17,19-20,23-24H2,1-4H3,(H,43,46)(H,44,49)/t26-,27-,28-,31-,32-,33+,36-/m0/s1. The Morgan fingerprint density at radius 3 is 2.32 bits per heavy atom. The number of fused-ring (bicyclic) bond motifs is 1. The van der Waals surface area contributed by atoms with Crippen LogP contribution < -0.4 is 10.6 Å². The number of rotatable bonds is 11. The topological polar surface area (TPSA) is 136 Å². The molecule has 1 aromatic heterocycles. The molecule has 11 nitrogen and oxygen atoms in total. The molecule has 1 aliphatic heterocycles. The highest BCUT2D eigenvalue weighted by Gasteiger charge is 2.47. The molecule has 3 saturated carbocycles. The molecule has 0 radical (unpaired) electrons. The number of likely N-dealkylation sites (tertiary alicyclic amines) is 1. The van der Waals surface area contributed by atoms with E-state index >= 15 is 0 Å². The summed E-state index contributed by atoms with van der Waals surface area (Å²) in [5.74, 6) is -0.271. The number of anilines is 1. The van der Waals surface area contributed by atoms with Crippen molar-refractivity contribution in [2.45, 2.75) is 128 Å². The van der Waals surface area contributed by atoms with Gasteiger partial charge in [0.05, 0.1) is 18.8 Å². The van der Waals surface area contributed by atoms with Crippen LogP contribution in [0.25, 0.3) is 11.0 Å². The molecule has 3 aliphatic carbocycles. The van der Waals surface area contributed by atoms with Gasteiger partial charge >= 0.3 is 12.1 Å². The summed E-state index contributed by atoms with van der Waals surface area (Å²) in [6.45, 7) is 5.49. The fraction of sp³-hybridized carbons (Fsp3) is 0.707. The van der Waals surface area contributed by atoms with Crippen LogP contribution in [0.2, 0.25) is 0 Å². The molecule has 1 aromatic carbocycles. The Morgan fingerprint density at radius 2 is 1.66 bits per heavy atom. The quantitative estimate of drug-likeness (QED) is 0.223. The SMILES string of the molecule is CO[C@H]1CC[C@H]([C@@H]2CCN(C(=O)[C@H]3CC[C@H]([C@@H](CF)NC(=O)OC(C)(C)C)CC3)[C@@H]2C(=O)Nc2ccc3oc(C(=O)OCC4CCCC4)cc3c2)CC1. The van der Waals surface area contributed by atoms with E-state index in [9.17, 15) is 23.6 Å². The van der Waals surface area contributed by atoms with Gasteiger partial charge in [-0.05, 0) is 139 Å². The van der Waals surface area contributed by atoms with E-state index < -0.39 is 36.4 Å². The van der Waals surface area contributed by atoms with Crippen LogP contribution in [0.1, 0.15) is 115 Å². The van der Waals surface area contributed by atoms with Crippen LogP contribution >= 0.6 is 0 Å². The van der Waals surface area contributed by atoms with Crippen molar-refractivity contribution >= 4 is 40.5 Å². The maximum atomic E-state index is 14.3. The lowest BCUT2D eigenvalue weighted by atomic mass is 9.75. The molecular formula is C41H58FN3O8. The van der Waals surface area contributed by atoms with Crippen molar-refractivity contribution in [3.63, 3.8) is 0 Å². The number of carbonyl (C=O) groups is 4. The Hall–Kier alpha value is -3.67. The van der Waals surface area contributed by atoms with Crippen LogP contribution in [0.3, 0.4) is 0 Å². The summed E-state index contributed by atoms with van der Waals surface area (Å²) >= 11 is 0. The average molecular weight is 740 g/mol. The van der Waals surface area contributed by atoms with Crippen LogP contribution in [0.15, 0.2) is 28.7 Å². The number of esters is 1. The van der Waals surface area contributed by atoms with Crippen molar-refractivity contribution in [3.8, 4) is 0 Å². The van der Waals surface area contributed by atoms with Crippen molar-refractivity contribution in [2.75, 3.05) is 32.3 Å². The molecule has 3 atom stereocenters. The zero-order valence-electron chi connectivity index (χ0n) is 31.8. The van der Waals surface area contributed by atoms with Crippen LogP contribution in [0.4, 0.5) is 14.9 Å². The van der Waals surface area contributed by atoms with Crippen molar-refractivity contribution in [3.05, 3.63) is 30.0 Å². The number of alkyl carbamates (subject to hydrolysis) is 1. The monoisotopic (exact) mass is 739 g/mol. The van der Waals surface area contributed by atoms with Crippen LogP contribution in [0, 0.1) is 29.6 Å². The Morgan fingerprint density at radius 1 is 0.943 bits per heavy atom. The van der Waals surface area contributed by atoms with E-state index in [0.717, 1.165) is 44.9 Å². The smallest absolute Gasteiger partial charge is 0.407 e. The van der Waals surface area contributed by atoms with Gasteiger partial charge in [0, 0.05) is 30.6 Å². The molecule has 2 N–H and O–H groups in total. The zero-order valence-corrected chi connectivity index (χ0v) is 31.8.